The molecule has 2 aromatic heterocycles. The van der Waals surface area contributed by atoms with Gasteiger partial charge in [0.2, 0.25) is 0 Å². The Kier molecular flexibility index (Phi) is 3.43. The SMILES string of the molecule is OC(c1cnc2ccsc2c1)c1ccccc1C(F)(F)F. The minimum absolute atomic E-state index is 0.164. The number of benzene rings is 1. The van der Waals surface area contributed by atoms with Gasteiger partial charge in [0.05, 0.1) is 15.8 Å². The maximum absolute atomic E-state index is 13.0. The lowest BCUT2D eigenvalue weighted by atomic mass is 9.97. The van der Waals surface area contributed by atoms with Crippen molar-refractivity contribution in [1.29, 1.82) is 0 Å². The average Bonchev–Trinajstić information content (AvgIpc) is 2.93. The molecule has 2 nitrogen and oxygen atoms in total. The molecule has 0 saturated heterocycles. The number of nitrogens with zero attached hydrogens (tertiary/aromatic N) is 1. The summed E-state index contributed by atoms with van der Waals surface area (Å²) in [5.41, 5.74) is 0.119. The Bertz CT molecular complexity index is 782. The number of alkyl halides is 3. The van der Waals surface area contributed by atoms with Crippen molar-refractivity contribution in [2.75, 3.05) is 0 Å². The molecular formula is C15H10F3NOS. The molecule has 21 heavy (non-hydrogen) atoms. The van der Waals surface area contributed by atoms with E-state index >= 15 is 0 Å². The van der Waals surface area contributed by atoms with E-state index in [0.29, 0.717) is 5.56 Å². The Morgan fingerprint density at radius 3 is 2.67 bits per heavy atom. The van der Waals surface area contributed by atoms with Crippen LogP contribution in [0.3, 0.4) is 0 Å². The van der Waals surface area contributed by atoms with E-state index in [1.807, 2.05) is 11.4 Å². The molecule has 0 aliphatic rings. The van der Waals surface area contributed by atoms with Gasteiger partial charge in [-0.2, -0.15) is 13.2 Å². The topological polar surface area (TPSA) is 33.1 Å². The smallest absolute Gasteiger partial charge is 0.384 e. The third kappa shape index (κ3) is 2.64. The molecule has 0 aliphatic heterocycles. The van der Waals surface area contributed by atoms with Crippen molar-refractivity contribution in [3.63, 3.8) is 0 Å². The van der Waals surface area contributed by atoms with Crippen LogP contribution < -0.4 is 0 Å². The summed E-state index contributed by atoms with van der Waals surface area (Å²) < 4.78 is 39.8. The van der Waals surface area contributed by atoms with E-state index < -0.39 is 17.8 Å². The van der Waals surface area contributed by atoms with Crippen LogP contribution in [-0.2, 0) is 6.18 Å². The molecule has 1 aromatic carbocycles. The van der Waals surface area contributed by atoms with Gasteiger partial charge in [0, 0.05) is 11.8 Å². The first-order valence-corrected chi connectivity index (χ1v) is 7.02. The highest BCUT2D eigenvalue weighted by Gasteiger charge is 2.35. The summed E-state index contributed by atoms with van der Waals surface area (Å²) in [6, 6.07) is 8.52. The Balaban J connectivity index is 2.07. The van der Waals surface area contributed by atoms with E-state index in [-0.39, 0.29) is 5.56 Å². The number of fused-ring (bicyclic) bond motifs is 1. The van der Waals surface area contributed by atoms with E-state index in [2.05, 4.69) is 4.98 Å². The van der Waals surface area contributed by atoms with E-state index in [9.17, 15) is 18.3 Å². The zero-order valence-electron chi connectivity index (χ0n) is 10.6. The van der Waals surface area contributed by atoms with Crippen LogP contribution in [0, 0.1) is 0 Å². The normalized spacial score (nSPS) is 13.5. The van der Waals surface area contributed by atoms with Crippen LogP contribution in [0.25, 0.3) is 10.2 Å². The first-order chi connectivity index (χ1) is 9.97. The second-order valence-corrected chi connectivity index (χ2v) is 5.51. The maximum Gasteiger partial charge on any atom is 0.416 e. The number of aliphatic hydroxyl groups excluding tert-OH is 1. The van der Waals surface area contributed by atoms with Gasteiger partial charge in [-0.05, 0) is 29.1 Å². The number of hydrogen-bond acceptors (Lipinski definition) is 3. The van der Waals surface area contributed by atoms with Gasteiger partial charge in [-0.25, -0.2) is 0 Å². The fourth-order valence-corrected chi connectivity index (χ4v) is 2.97. The molecule has 1 unspecified atom stereocenters. The molecule has 0 bridgehead atoms. The minimum atomic E-state index is -4.50. The van der Waals surface area contributed by atoms with Crippen LogP contribution in [0.1, 0.15) is 22.8 Å². The number of pyridine rings is 1. The fraction of sp³-hybridized carbons (Fsp3) is 0.133. The molecule has 0 saturated carbocycles. The quantitative estimate of drug-likeness (QED) is 0.761. The third-order valence-electron chi connectivity index (χ3n) is 3.20. The summed E-state index contributed by atoms with van der Waals surface area (Å²) in [7, 11) is 0. The molecule has 0 amide bonds. The van der Waals surface area contributed by atoms with Gasteiger partial charge >= 0.3 is 6.18 Å². The van der Waals surface area contributed by atoms with E-state index in [1.54, 1.807) is 6.07 Å². The molecule has 0 spiro atoms. The summed E-state index contributed by atoms with van der Waals surface area (Å²) in [6.45, 7) is 0. The number of aromatic nitrogens is 1. The summed E-state index contributed by atoms with van der Waals surface area (Å²) in [6.07, 6.45) is -4.45. The molecule has 6 heteroatoms. The van der Waals surface area contributed by atoms with Gasteiger partial charge in [0.25, 0.3) is 0 Å². The Morgan fingerprint density at radius 1 is 1.14 bits per heavy atom. The van der Waals surface area contributed by atoms with Gasteiger partial charge in [-0.1, -0.05) is 18.2 Å². The van der Waals surface area contributed by atoms with Crippen LogP contribution in [0.5, 0.6) is 0 Å². The number of aliphatic hydroxyl groups is 1. The third-order valence-corrected chi connectivity index (χ3v) is 4.05. The van der Waals surface area contributed by atoms with Crippen LogP contribution in [0.4, 0.5) is 13.2 Å². The predicted octanol–water partition coefficient (Wildman–Crippen LogP) is 4.40. The number of hydrogen-bond donors (Lipinski definition) is 1. The summed E-state index contributed by atoms with van der Waals surface area (Å²) in [4.78, 5) is 4.15. The molecule has 0 aliphatic carbocycles. The zero-order chi connectivity index (χ0) is 15.0. The van der Waals surface area contributed by atoms with Crippen LogP contribution >= 0.6 is 11.3 Å². The van der Waals surface area contributed by atoms with Crippen molar-refractivity contribution in [3.05, 3.63) is 64.7 Å². The molecule has 3 rings (SSSR count). The van der Waals surface area contributed by atoms with Gasteiger partial charge < -0.3 is 5.11 Å². The van der Waals surface area contributed by atoms with E-state index in [4.69, 9.17) is 0 Å². The highest BCUT2D eigenvalue weighted by molar-refractivity contribution is 7.17. The molecule has 1 N–H and O–H groups in total. The predicted molar refractivity (Wildman–Crippen MR) is 75.1 cm³/mol. The second-order valence-electron chi connectivity index (χ2n) is 4.56. The lowest BCUT2D eigenvalue weighted by molar-refractivity contribution is -0.139. The molecule has 0 fully saturated rings. The number of rotatable bonds is 2. The van der Waals surface area contributed by atoms with Gasteiger partial charge in [-0.15, -0.1) is 11.3 Å². The molecule has 3 aromatic rings. The lowest BCUT2D eigenvalue weighted by Crippen LogP contribution is -2.12. The van der Waals surface area contributed by atoms with Gasteiger partial charge in [0.1, 0.15) is 6.10 Å². The van der Waals surface area contributed by atoms with Crippen LogP contribution in [0.2, 0.25) is 0 Å². The molecule has 108 valence electrons. The molecule has 2 heterocycles. The van der Waals surface area contributed by atoms with Crippen molar-refractivity contribution >= 4 is 21.6 Å². The minimum Gasteiger partial charge on any atom is -0.384 e. The zero-order valence-corrected chi connectivity index (χ0v) is 11.4. The number of thiophene rings is 1. The van der Waals surface area contributed by atoms with Crippen molar-refractivity contribution < 1.29 is 18.3 Å². The Hall–Kier alpha value is -1.92. The summed E-state index contributed by atoms with van der Waals surface area (Å²) >= 11 is 1.43. The monoisotopic (exact) mass is 309 g/mol. The van der Waals surface area contributed by atoms with E-state index in [1.165, 1.54) is 35.7 Å². The fourth-order valence-electron chi connectivity index (χ4n) is 2.18. The summed E-state index contributed by atoms with van der Waals surface area (Å²) in [5, 5.41) is 12.1. The van der Waals surface area contributed by atoms with Crippen molar-refractivity contribution in [1.82, 2.24) is 4.98 Å². The Labute approximate surface area is 122 Å². The first-order valence-electron chi connectivity index (χ1n) is 6.14. The van der Waals surface area contributed by atoms with Crippen molar-refractivity contribution in [3.8, 4) is 0 Å². The highest BCUT2D eigenvalue weighted by atomic mass is 32.1. The Morgan fingerprint density at radius 2 is 1.90 bits per heavy atom. The summed E-state index contributed by atoms with van der Waals surface area (Å²) in [5.74, 6) is 0. The van der Waals surface area contributed by atoms with Crippen molar-refractivity contribution in [2.45, 2.75) is 12.3 Å². The van der Waals surface area contributed by atoms with E-state index in [0.717, 1.165) is 16.3 Å². The van der Waals surface area contributed by atoms with Crippen LogP contribution in [0.15, 0.2) is 48.0 Å². The molecule has 0 radical (unpaired) electrons. The van der Waals surface area contributed by atoms with Crippen LogP contribution in [-0.4, -0.2) is 10.1 Å². The average molecular weight is 309 g/mol. The van der Waals surface area contributed by atoms with Crippen molar-refractivity contribution in [2.24, 2.45) is 0 Å². The van der Waals surface area contributed by atoms with Gasteiger partial charge in [0.15, 0.2) is 0 Å². The standard InChI is InChI=1S/C15H10F3NOS/c16-15(17,18)11-4-2-1-3-10(11)14(20)9-7-13-12(19-8-9)5-6-21-13/h1-8,14,20H. The highest BCUT2D eigenvalue weighted by Crippen LogP contribution is 2.36. The maximum atomic E-state index is 13.0. The number of halogens is 3. The molecule has 1 atom stereocenters. The van der Waals surface area contributed by atoms with Gasteiger partial charge in [-0.3, -0.25) is 4.98 Å². The lowest BCUT2D eigenvalue weighted by Gasteiger charge is -2.17. The largest absolute Gasteiger partial charge is 0.416 e. The first kappa shape index (κ1) is 14.0. The molecular weight excluding hydrogens is 299 g/mol. The second kappa shape index (κ2) is 5.13.